The predicted molar refractivity (Wildman–Crippen MR) is 95.3 cm³/mol. The number of nitrogens with one attached hydrogen (secondary N) is 1. The van der Waals surface area contributed by atoms with Crippen molar-refractivity contribution < 1.29 is 0 Å². The second-order valence-corrected chi connectivity index (χ2v) is 6.85. The molecular formula is C17H19ClIN. The Morgan fingerprint density at radius 1 is 1.00 bits per heavy atom. The molecule has 0 aromatic heterocycles. The van der Waals surface area contributed by atoms with Crippen LogP contribution in [0.3, 0.4) is 0 Å². The number of hydrogen-bond donors (Lipinski definition) is 1. The van der Waals surface area contributed by atoms with E-state index in [0.717, 1.165) is 11.4 Å². The molecule has 20 heavy (non-hydrogen) atoms. The van der Waals surface area contributed by atoms with Gasteiger partial charge in [0.25, 0.3) is 0 Å². The molecule has 0 bridgehead atoms. The molecule has 2 aromatic carbocycles. The molecule has 2 unspecified atom stereocenters. The van der Waals surface area contributed by atoms with Crippen LogP contribution < -0.4 is 5.32 Å². The highest BCUT2D eigenvalue weighted by molar-refractivity contribution is 14.1. The zero-order chi connectivity index (χ0) is 14.5. The summed E-state index contributed by atoms with van der Waals surface area (Å²) in [7, 11) is 0. The molecule has 0 aliphatic rings. The van der Waals surface area contributed by atoms with E-state index in [9.17, 15) is 0 Å². The van der Waals surface area contributed by atoms with Gasteiger partial charge >= 0.3 is 0 Å². The maximum absolute atomic E-state index is 5.91. The molecule has 106 valence electrons. The number of benzene rings is 2. The lowest BCUT2D eigenvalue weighted by Gasteiger charge is -2.20. The first-order valence-electron chi connectivity index (χ1n) is 6.80. The van der Waals surface area contributed by atoms with Crippen LogP contribution in [0.1, 0.15) is 31.0 Å². The van der Waals surface area contributed by atoms with Gasteiger partial charge in [0, 0.05) is 20.7 Å². The summed E-state index contributed by atoms with van der Waals surface area (Å²) >= 11 is 8.24. The van der Waals surface area contributed by atoms with Crippen molar-refractivity contribution in [2.24, 2.45) is 0 Å². The van der Waals surface area contributed by atoms with Crippen LogP contribution in [0, 0.1) is 3.57 Å². The van der Waals surface area contributed by atoms with E-state index in [1.165, 1.54) is 14.7 Å². The molecule has 2 atom stereocenters. The highest BCUT2D eigenvalue weighted by atomic mass is 127. The second kappa shape index (κ2) is 7.43. The predicted octanol–water partition coefficient (Wildman–Crippen LogP) is 5.23. The molecule has 0 amide bonds. The third-order valence-electron chi connectivity index (χ3n) is 3.36. The van der Waals surface area contributed by atoms with Crippen molar-refractivity contribution in [2.75, 3.05) is 0 Å². The molecule has 2 rings (SSSR count). The molecule has 1 N–H and O–H groups in total. The number of hydrogen-bond acceptors (Lipinski definition) is 1. The first kappa shape index (κ1) is 15.8. The summed E-state index contributed by atoms with van der Waals surface area (Å²) in [6.45, 7) is 4.43. The third-order valence-corrected chi connectivity index (χ3v) is 4.33. The summed E-state index contributed by atoms with van der Waals surface area (Å²) in [4.78, 5) is 0. The first-order valence-corrected chi connectivity index (χ1v) is 8.26. The van der Waals surface area contributed by atoms with E-state index in [1.54, 1.807) is 0 Å². The van der Waals surface area contributed by atoms with Crippen molar-refractivity contribution >= 4 is 34.2 Å². The lowest BCUT2D eigenvalue weighted by Crippen LogP contribution is -2.30. The van der Waals surface area contributed by atoms with E-state index in [-0.39, 0.29) is 0 Å². The molecule has 0 heterocycles. The van der Waals surface area contributed by atoms with Crippen LogP contribution in [0.5, 0.6) is 0 Å². The van der Waals surface area contributed by atoms with Gasteiger partial charge < -0.3 is 5.32 Å². The largest absolute Gasteiger partial charge is 0.307 e. The average Bonchev–Trinajstić information content (AvgIpc) is 2.42. The zero-order valence-corrected chi connectivity index (χ0v) is 14.6. The standard InChI is InChI=1S/C17H19ClIN/c1-12(11-14-3-7-16(18)8-4-14)20-13(2)15-5-9-17(19)10-6-15/h3-10,12-13,20H,11H2,1-2H3. The number of halogens is 2. The van der Waals surface area contributed by atoms with E-state index in [0.29, 0.717) is 12.1 Å². The van der Waals surface area contributed by atoms with E-state index < -0.39 is 0 Å². The quantitative estimate of drug-likeness (QED) is 0.679. The highest BCUT2D eigenvalue weighted by Crippen LogP contribution is 2.16. The van der Waals surface area contributed by atoms with Gasteiger partial charge in [-0.05, 0) is 78.3 Å². The van der Waals surface area contributed by atoms with E-state index in [1.807, 2.05) is 12.1 Å². The highest BCUT2D eigenvalue weighted by Gasteiger charge is 2.10. The SMILES string of the molecule is CC(Cc1ccc(Cl)cc1)NC(C)c1ccc(I)cc1. The van der Waals surface area contributed by atoms with Crippen molar-refractivity contribution in [3.05, 3.63) is 68.3 Å². The Bertz CT molecular complexity index is 536. The van der Waals surface area contributed by atoms with Crippen molar-refractivity contribution in [1.82, 2.24) is 5.32 Å². The maximum atomic E-state index is 5.91. The fraction of sp³-hybridized carbons (Fsp3) is 0.294. The summed E-state index contributed by atoms with van der Waals surface area (Å²) in [5.41, 5.74) is 2.64. The molecule has 1 nitrogen and oxygen atoms in total. The zero-order valence-electron chi connectivity index (χ0n) is 11.7. The minimum atomic E-state index is 0.356. The van der Waals surface area contributed by atoms with Crippen LogP contribution in [0.15, 0.2) is 48.5 Å². The van der Waals surface area contributed by atoms with Gasteiger partial charge in [-0.3, -0.25) is 0 Å². The molecule has 0 aliphatic carbocycles. The summed E-state index contributed by atoms with van der Waals surface area (Å²) in [5.74, 6) is 0. The van der Waals surface area contributed by atoms with E-state index in [2.05, 4.69) is 78.2 Å². The van der Waals surface area contributed by atoms with Gasteiger partial charge in [-0.15, -0.1) is 0 Å². The minimum Gasteiger partial charge on any atom is -0.307 e. The second-order valence-electron chi connectivity index (χ2n) is 5.17. The summed E-state index contributed by atoms with van der Waals surface area (Å²) in [6, 6.07) is 17.5. The smallest absolute Gasteiger partial charge is 0.0406 e. The van der Waals surface area contributed by atoms with E-state index in [4.69, 9.17) is 11.6 Å². The molecule has 3 heteroatoms. The van der Waals surface area contributed by atoms with Crippen LogP contribution in [0.2, 0.25) is 5.02 Å². The average molecular weight is 400 g/mol. The normalized spacial score (nSPS) is 14.0. The fourth-order valence-electron chi connectivity index (χ4n) is 2.31. The summed E-state index contributed by atoms with van der Waals surface area (Å²) in [6.07, 6.45) is 1.01. The van der Waals surface area contributed by atoms with Gasteiger partial charge in [-0.1, -0.05) is 35.9 Å². The number of rotatable bonds is 5. The van der Waals surface area contributed by atoms with Gasteiger partial charge in [-0.2, -0.15) is 0 Å². The summed E-state index contributed by atoms with van der Waals surface area (Å²) < 4.78 is 1.27. The molecule has 0 saturated heterocycles. The Kier molecular flexibility index (Phi) is 5.87. The Hall–Kier alpha value is -0.580. The molecular weight excluding hydrogens is 381 g/mol. The van der Waals surface area contributed by atoms with Crippen LogP contribution in [-0.4, -0.2) is 6.04 Å². The van der Waals surface area contributed by atoms with Crippen LogP contribution in [-0.2, 0) is 6.42 Å². The molecule has 0 aliphatic heterocycles. The van der Waals surface area contributed by atoms with Gasteiger partial charge in [0.2, 0.25) is 0 Å². The molecule has 2 aromatic rings. The van der Waals surface area contributed by atoms with Crippen LogP contribution >= 0.6 is 34.2 Å². The van der Waals surface area contributed by atoms with Crippen molar-refractivity contribution in [3.63, 3.8) is 0 Å². The fourth-order valence-corrected chi connectivity index (χ4v) is 2.79. The van der Waals surface area contributed by atoms with Crippen molar-refractivity contribution in [2.45, 2.75) is 32.4 Å². The Labute approximate surface area is 139 Å². The van der Waals surface area contributed by atoms with Crippen molar-refractivity contribution in [3.8, 4) is 0 Å². The molecule has 0 spiro atoms. The van der Waals surface area contributed by atoms with Crippen molar-refractivity contribution in [1.29, 1.82) is 0 Å². The summed E-state index contributed by atoms with van der Waals surface area (Å²) in [5, 5.41) is 4.44. The maximum Gasteiger partial charge on any atom is 0.0406 e. The molecule has 0 radical (unpaired) electrons. The monoisotopic (exact) mass is 399 g/mol. The van der Waals surface area contributed by atoms with Gasteiger partial charge in [0.1, 0.15) is 0 Å². The lowest BCUT2D eigenvalue weighted by atomic mass is 10.0. The third kappa shape index (κ3) is 4.76. The Morgan fingerprint density at radius 2 is 1.60 bits per heavy atom. The Morgan fingerprint density at radius 3 is 2.20 bits per heavy atom. The van der Waals surface area contributed by atoms with Gasteiger partial charge in [0.15, 0.2) is 0 Å². The van der Waals surface area contributed by atoms with Gasteiger partial charge in [0.05, 0.1) is 0 Å². The van der Waals surface area contributed by atoms with Gasteiger partial charge in [-0.25, -0.2) is 0 Å². The lowest BCUT2D eigenvalue weighted by molar-refractivity contribution is 0.477. The minimum absolute atomic E-state index is 0.356. The van der Waals surface area contributed by atoms with E-state index >= 15 is 0 Å². The molecule has 0 fully saturated rings. The van der Waals surface area contributed by atoms with Crippen LogP contribution in [0.25, 0.3) is 0 Å². The van der Waals surface area contributed by atoms with Crippen LogP contribution in [0.4, 0.5) is 0 Å². The Balaban J connectivity index is 1.92. The topological polar surface area (TPSA) is 12.0 Å². The molecule has 0 saturated carbocycles. The first-order chi connectivity index (χ1) is 9.54.